The fraction of sp³-hybridized carbons (Fsp3) is 0.0625. The molecule has 9 heteroatoms. The van der Waals surface area contributed by atoms with E-state index >= 15 is 0 Å². The average molecular weight is 348 g/mol. The van der Waals surface area contributed by atoms with Crippen molar-refractivity contribution in [1.29, 1.82) is 0 Å². The van der Waals surface area contributed by atoms with E-state index in [2.05, 4.69) is 15.3 Å². The number of nitrogens with one attached hydrogen (secondary N) is 1. The van der Waals surface area contributed by atoms with Gasteiger partial charge in [0.05, 0.1) is 18.4 Å². The molecule has 25 heavy (non-hydrogen) atoms. The predicted molar refractivity (Wildman–Crippen MR) is 82.3 cm³/mol. The van der Waals surface area contributed by atoms with Gasteiger partial charge >= 0.3 is 0 Å². The highest BCUT2D eigenvalue weighted by molar-refractivity contribution is 6.00. The van der Waals surface area contributed by atoms with Crippen LogP contribution in [0.1, 0.15) is 10.4 Å². The van der Waals surface area contributed by atoms with E-state index in [1.54, 1.807) is 0 Å². The Morgan fingerprint density at radius 3 is 2.64 bits per heavy atom. The molecule has 0 aliphatic heterocycles. The molecule has 0 radical (unpaired) electrons. The second-order valence-electron chi connectivity index (χ2n) is 4.90. The van der Waals surface area contributed by atoms with Crippen LogP contribution in [0.5, 0.6) is 5.88 Å². The number of benzene rings is 1. The van der Waals surface area contributed by atoms with Crippen LogP contribution in [0, 0.1) is 17.5 Å². The lowest BCUT2D eigenvalue weighted by atomic mass is 10.2. The molecule has 2 aromatic heterocycles. The van der Waals surface area contributed by atoms with Gasteiger partial charge in [-0.05, 0) is 18.2 Å². The number of rotatable bonds is 4. The SMILES string of the molecule is COc1nc(Nc2ccc(F)cc2F)c(C(=O)n2ccnc2)cc1F. The Labute approximate surface area is 139 Å². The van der Waals surface area contributed by atoms with E-state index in [1.807, 2.05) is 0 Å². The van der Waals surface area contributed by atoms with Gasteiger partial charge in [-0.3, -0.25) is 9.36 Å². The predicted octanol–water partition coefficient (Wildman–Crippen LogP) is 3.14. The second kappa shape index (κ2) is 6.63. The van der Waals surface area contributed by atoms with Gasteiger partial charge in [0.15, 0.2) is 5.82 Å². The lowest BCUT2D eigenvalue weighted by molar-refractivity contribution is 0.0959. The van der Waals surface area contributed by atoms with E-state index in [9.17, 15) is 18.0 Å². The van der Waals surface area contributed by atoms with Crippen molar-refractivity contribution in [3.8, 4) is 5.88 Å². The lowest BCUT2D eigenvalue weighted by Gasteiger charge is -2.13. The first-order chi connectivity index (χ1) is 12.0. The first-order valence-electron chi connectivity index (χ1n) is 6.99. The van der Waals surface area contributed by atoms with Crippen molar-refractivity contribution in [2.24, 2.45) is 0 Å². The maximum atomic E-state index is 14.0. The van der Waals surface area contributed by atoms with Gasteiger partial charge in [0.1, 0.15) is 23.8 Å². The van der Waals surface area contributed by atoms with Crippen LogP contribution >= 0.6 is 0 Å². The summed E-state index contributed by atoms with van der Waals surface area (Å²) in [5.41, 5.74) is -0.317. The van der Waals surface area contributed by atoms with Gasteiger partial charge in [-0.2, -0.15) is 4.98 Å². The summed E-state index contributed by atoms with van der Waals surface area (Å²) < 4.78 is 46.8. The topological polar surface area (TPSA) is 69.0 Å². The van der Waals surface area contributed by atoms with Crippen LogP contribution in [-0.2, 0) is 0 Å². The third kappa shape index (κ3) is 3.30. The first kappa shape index (κ1) is 16.5. The average Bonchev–Trinajstić information content (AvgIpc) is 3.12. The molecule has 0 fully saturated rings. The molecular weight excluding hydrogens is 337 g/mol. The normalized spacial score (nSPS) is 10.6. The van der Waals surface area contributed by atoms with Crippen molar-refractivity contribution >= 4 is 17.4 Å². The maximum Gasteiger partial charge on any atom is 0.266 e. The van der Waals surface area contributed by atoms with Crippen molar-refractivity contribution in [3.63, 3.8) is 0 Å². The molecule has 2 heterocycles. The molecule has 0 spiro atoms. The summed E-state index contributed by atoms with van der Waals surface area (Å²) in [5.74, 6) is -3.70. The highest BCUT2D eigenvalue weighted by atomic mass is 19.1. The molecule has 128 valence electrons. The van der Waals surface area contributed by atoms with E-state index in [0.29, 0.717) is 6.07 Å². The zero-order valence-electron chi connectivity index (χ0n) is 12.8. The number of carbonyl (C=O) groups excluding carboxylic acids is 1. The van der Waals surface area contributed by atoms with Crippen LogP contribution in [-0.4, -0.2) is 27.6 Å². The Morgan fingerprint density at radius 1 is 1.20 bits per heavy atom. The largest absolute Gasteiger partial charge is 0.479 e. The molecule has 0 aliphatic rings. The van der Waals surface area contributed by atoms with Crippen LogP contribution < -0.4 is 10.1 Å². The minimum Gasteiger partial charge on any atom is -0.479 e. The van der Waals surface area contributed by atoms with Crippen molar-refractivity contribution in [1.82, 2.24) is 14.5 Å². The summed E-state index contributed by atoms with van der Waals surface area (Å²) in [6, 6.07) is 3.75. The number of carbonyl (C=O) groups is 1. The Bertz CT molecular complexity index is 929. The van der Waals surface area contributed by atoms with Crippen LogP contribution in [0.4, 0.5) is 24.7 Å². The van der Waals surface area contributed by atoms with Gasteiger partial charge in [0, 0.05) is 18.5 Å². The summed E-state index contributed by atoms with van der Waals surface area (Å²) in [6.45, 7) is 0. The first-order valence-corrected chi connectivity index (χ1v) is 6.99. The quantitative estimate of drug-likeness (QED) is 0.784. The van der Waals surface area contributed by atoms with Gasteiger partial charge in [0.2, 0.25) is 0 Å². The van der Waals surface area contributed by atoms with Crippen molar-refractivity contribution < 1.29 is 22.7 Å². The molecule has 3 rings (SSSR count). The van der Waals surface area contributed by atoms with E-state index in [-0.39, 0.29) is 22.9 Å². The van der Waals surface area contributed by atoms with Gasteiger partial charge in [0.25, 0.3) is 11.8 Å². The Morgan fingerprint density at radius 2 is 2.00 bits per heavy atom. The third-order valence-corrected chi connectivity index (χ3v) is 3.29. The van der Waals surface area contributed by atoms with Crippen molar-refractivity contribution in [2.45, 2.75) is 0 Å². The van der Waals surface area contributed by atoms with Crippen LogP contribution in [0.25, 0.3) is 0 Å². The van der Waals surface area contributed by atoms with Gasteiger partial charge in [-0.25, -0.2) is 18.2 Å². The van der Waals surface area contributed by atoms with Gasteiger partial charge in [-0.1, -0.05) is 0 Å². The molecule has 3 aromatic rings. The van der Waals surface area contributed by atoms with Crippen LogP contribution in [0.15, 0.2) is 43.0 Å². The Kier molecular flexibility index (Phi) is 4.38. The number of ether oxygens (including phenoxy) is 1. The number of hydrogen-bond donors (Lipinski definition) is 1. The van der Waals surface area contributed by atoms with Gasteiger partial charge in [-0.15, -0.1) is 0 Å². The molecule has 0 aliphatic carbocycles. The summed E-state index contributed by atoms with van der Waals surface area (Å²) >= 11 is 0. The van der Waals surface area contributed by atoms with E-state index in [4.69, 9.17) is 4.74 Å². The zero-order chi connectivity index (χ0) is 18.0. The number of imidazole rings is 1. The molecule has 6 nitrogen and oxygen atoms in total. The minimum atomic E-state index is -0.897. The summed E-state index contributed by atoms with van der Waals surface area (Å²) in [4.78, 5) is 20.1. The fourth-order valence-electron chi connectivity index (χ4n) is 2.11. The molecule has 0 saturated carbocycles. The Hall–Kier alpha value is -3.36. The summed E-state index contributed by atoms with van der Waals surface area (Å²) in [6.07, 6.45) is 3.97. The van der Waals surface area contributed by atoms with Crippen LogP contribution in [0.3, 0.4) is 0 Å². The molecule has 1 aromatic carbocycles. The van der Waals surface area contributed by atoms with Crippen LogP contribution in [0.2, 0.25) is 0 Å². The van der Waals surface area contributed by atoms with Gasteiger partial charge < -0.3 is 10.1 Å². The van der Waals surface area contributed by atoms with E-state index < -0.39 is 23.4 Å². The molecule has 0 amide bonds. The maximum absolute atomic E-state index is 14.0. The number of halogens is 3. The molecule has 0 saturated heterocycles. The molecule has 0 atom stereocenters. The second-order valence-corrected chi connectivity index (χ2v) is 4.90. The Balaban J connectivity index is 2.08. The zero-order valence-corrected chi connectivity index (χ0v) is 12.8. The van der Waals surface area contributed by atoms with Crippen molar-refractivity contribution in [2.75, 3.05) is 12.4 Å². The third-order valence-electron chi connectivity index (χ3n) is 3.29. The molecule has 1 N–H and O–H groups in total. The highest BCUT2D eigenvalue weighted by Crippen LogP contribution is 2.27. The summed E-state index contributed by atoms with van der Waals surface area (Å²) in [5, 5.41) is 2.56. The summed E-state index contributed by atoms with van der Waals surface area (Å²) in [7, 11) is 1.20. The standard InChI is InChI=1S/C16H11F3N4O2/c1-25-15-12(19)7-10(16(24)23-5-4-20-8-23)14(22-15)21-13-3-2-9(17)6-11(13)18/h2-8H,1H3,(H,21,22). The molecule has 0 unspecified atom stereocenters. The number of anilines is 2. The van der Waals surface area contributed by atoms with Crippen molar-refractivity contribution in [3.05, 3.63) is 66.0 Å². The fourth-order valence-corrected chi connectivity index (χ4v) is 2.11. The number of methoxy groups -OCH3 is 1. The number of aromatic nitrogens is 3. The van der Waals surface area contributed by atoms with E-state index in [1.165, 1.54) is 25.8 Å². The number of hydrogen-bond acceptors (Lipinski definition) is 5. The molecule has 0 bridgehead atoms. The number of nitrogens with zero attached hydrogens (tertiary/aromatic N) is 3. The number of pyridine rings is 1. The smallest absolute Gasteiger partial charge is 0.266 e. The highest BCUT2D eigenvalue weighted by Gasteiger charge is 2.20. The lowest BCUT2D eigenvalue weighted by Crippen LogP contribution is -2.14. The molecular formula is C16H11F3N4O2. The minimum absolute atomic E-state index is 0.137. The monoisotopic (exact) mass is 348 g/mol. The van der Waals surface area contributed by atoms with E-state index in [0.717, 1.165) is 22.8 Å².